The van der Waals surface area contributed by atoms with Gasteiger partial charge in [-0.15, -0.1) is 16.4 Å². The third-order valence-electron chi connectivity index (χ3n) is 5.98. The van der Waals surface area contributed by atoms with Crippen molar-refractivity contribution in [1.29, 1.82) is 0 Å². The molecule has 0 saturated carbocycles. The van der Waals surface area contributed by atoms with Crippen molar-refractivity contribution in [3.05, 3.63) is 64.9 Å². The highest BCUT2D eigenvalue weighted by atomic mass is 35.5. The van der Waals surface area contributed by atoms with Crippen molar-refractivity contribution in [2.45, 2.75) is 25.3 Å². The molecule has 1 N–H and O–H groups in total. The molecule has 39 heavy (non-hydrogen) atoms. The molecule has 2 aliphatic heterocycles. The number of hydrogen-bond acceptors (Lipinski definition) is 8. The van der Waals surface area contributed by atoms with E-state index in [2.05, 4.69) is 10.4 Å². The van der Waals surface area contributed by atoms with E-state index in [4.69, 9.17) is 39.5 Å². The fourth-order valence-electron chi connectivity index (χ4n) is 4.21. The number of amides is 2. The van der Waals surface area contributed by atoms with E-state index >= 15 is 0 Å². The van der Waals surface area contributed by atoms with Gasteiger partial charge in [-0.1, -0.05) is 46.6 Å². The molecule has 2 aliphatic rings. The van der Waals surface area contributed by atoms with Crippen molar-refractivity contribution in [1.82, 2.24) is 9.88 Å². The van der Waals surface area contributed by atoms with E-state index in [0.29, 0.717) is 20.0 Å². The Bertz CT molecular complexity index is 1760. The highest BCUT2D eigenvalue weighted by Gasteiger charge is 2.37. The second-order valence-corrected chi connectivity index (χ2v) is 11.7. The first-order chi connectivity index (χ1) is 18.5. The van der Waals surface area contributed by atoms with Crippen LogP contribution in [-0.4, -0.2) is 36.4 Å². The Morgan fingerprint density at radius 3 is 2.44 bits per heavy atom. The second kappa shape index (κ2) is 10.5. The van der Waals surface area contributed by atoms with Gasteiger partial charge >= 0.3 is 0 Å². The maximum Gasteiger partial charge on any atom is 0.285 e. The Kier molecular flexibility index (Phi) is 7.47. The molecule has 1 aromatic heterocycles. The fraction of sp³-hybridized carbons (Fsp3) is 0.200. The van der Waals surface area contributed by atoms with E-state index in [1.165, 1.54) is 35.4 Å². The van der Waals surface area contributed by atoms with Gasteiger partial charge in [0.05, 0.1) is 22.8 Å². The van der Waals surface area contributed by atoms with Crippen molar-refractivity contribution in [2.75, 3.05) is 24.1 Å². The number of thiazole rings is 1. The van der Waals surface area contributed by atoms with Gasteiger partial charge in [0, 0.05) is 36.5 Å². The minimum atomic E-state index is -0.606. The SMILES string of the molecule is CCn1c(=C2C(=O)N(c3c(Cl)cc(Cl)cc3Cl)N=C2NC(C)=O)sc(=C2Sc3ccc(OC)cc3N2C)c1=O. The lowest BCUT2D eigenvalue weighted by Gasteiger charge is -2.15. The molecular formula is C25H20Cl3N5O4S2. The summed E-state index contributed by atoms with van der Waals surface area (Å²) in [6.45, 7) is 3.38. The summed E-state index contributed by atoms with van der Waals surface area (Å²) < 4.78 is 7.63. The van der Waals surface area contributed by atoms with Gasteiger partial charge in [0.2, 0.25) is 5.91 Å². The van der Waals surface area contributed by atoms with Crippen LogP contribution in [-0.2, 0) is 16.1 Å². The molecule has 0 radical (unpaired) electrons. The third-order valence-corrected chi connectivity index (χ3v) is 9.33. The summed E-state index contributed by atoms with van der Waals surface area (Å²) in [5, 5.41) is 9.16. The van der Waals surface area contributed by atoms with Crippen LogP contribution >= 0.6 is 57.9 Å². The predicted molar refractivity (Wildman–Crippen MR) is 158 cm³/mol. The van der Waals surface area contributed by atoms with E-state index in [9.17, 15) is 14.4 Å². The number of ether oxygens (including phenoxy) is 1. The van der Waals surface area contributed by atoms with Crippen LogP contribution in [0, 0.1) is 0 Å². The van der Waals surface area contributed by atoms with Gasteiger partial charge in [0.1, 0.15) is 31.2 Å². The average Bonchev–Trinajstić information content (AvgIpc) is 3.48. The lowest BCUT2D eigenvalue weighted by molar-refractivity contribution is -0.117. The number of amidine groups is 1. The molecule has 14 heteroatoms. The predicted octanol–water partition coefficient (Wildman–Crippen LogP) is 3.85. The normalized spacial score (nSPS) is 17.5. The van der Waals surface area contributed by atoms with Crippen molar-refractivity contribution in [3.8, 4) is 5.75 Å². The Balaban J connectivity index is 1.75. The van der Waals surface area contributed by atoms with Gasteiger partial charge in [-0.2, -0.15) is 5.01 Å². The number of hydrogen-bond donors (Lipinski definition) is 1. The van der Waals surface area contributed by atoms with E-state index in [-0.39, 0.29) is 44.3 Å². The summed E-state index contributed by atoms with van der Waals surface area (Å²) in [7, 11) is 3.46. The molecule has 5 rings (SSSR count). The molecule has 3 heterocycles. The van der Waals surface area contributed by atoms with Gasteiger partial charge in [-0.25, -0.2) is 0 Å². The van der Waals surface area contributed by atoms with Gasteiger partial charge in [-0.05, 0) is 31.2 Å². The summed E-state index contributed by atoms with van der Waals surface area (Å²) in [5.74, 6) is -0.371. The molecule has 0 unspecified atom stereocenters. The van der Waals surface area contributed by atoms with E-state index < -0.39 is 11.8 Å². The number of methoxy groups -OCH3 is 1. The second-order valence-electron chi connectivity index (χ2n) is 8.43. The molecule has 0 saturated heterocycles. The van der Waals surface area contributed by atoms with Crippen LogP contribution in [0.2, 0.25) is 15.1 Å². The van der Waals surface area contributed by atoms with Crippen LogP contribution in [0.3, 0.4) is 0 Å². The van der Waals surface area contributed by atoms with Crippen LogP contribution in [0.4, 0.5) is 11.4 Å². The van der Waals surface area contributed by atoms with Crippen molar-refractivity contribution in [3.63, 3.8) is 0 Å². The van der Waals surface area contributed by atoms with Crippen LogP contribution in [0.1, 0.15) is 13.8 Å². The summed E-state index contributed by atoms with van der Waals surface area (Å²) in [6.07, 6.45) is 0. The Morgan fingerprint density at radius 1 is 1.13 bits per heavy atom. The van der Waals surface area contributed by atoms with E-state index in [0.717, 1.165) is 26.9 Å². The number of nitrogens with zero attached hydrogens (tertiary/aromatic N) is 4. The highest BCUT2D eigenvalue weighted by molar-refractivity contribution is 8.08. The lowest BCUT2D eigenvalue weighted by atomic mass is 10.2. The largest absolute Gasteiger partial charge is 0.497 e. The molecule has 0 aliphatic carbocycles. The van der Waals surface area contributed by atoms with Gasteiger partial charge in [0.15, 0.2) is 5.84 Å². The quantitative estimate of drug-likeness (QED) is 0.476. The molecule has 0 spiro atoms. The maximum atomic E-state index is 13.8. The third kappa shape index (κ3) is 4.72. The fourth-order valence-corrected chi connectivity index (χ4v) is 7.72. The molecule has 0 fully saturated rings. The number of thioether (sulfide) groups is 1. The van der Waals surface area contributed by atoms with Crippen LogP contribution in [0.25, 0.3) is 10.6 Å². The Hall–Kier alpha value is -2.96. The number of anilines is 2. The van der Waals surface area contributed by atoms with E-state index in [1.54, 1.807) is 14.0 Å². The van der Waals surface area contributed by atoms with E-state index in [1.807, 2.05) is 30.1 Å². The smallest absolute Gasteiger partial charge is 0.285 e. The zero-order valence-corrected chi connectivity index (χ0v) is 24.9. The number of halogens is 3. The topological polar surface area (TPSA) is 96.2 Å². The number of nitrogens with one attached hydrogen (secondary N) is 1. The van der Waals surface area contributed by atoms with Crippen molar-refractivity contribution < 1.29 is 14.3 Å². The van der Waals surface area contributed by atoms with Crippen LogP contribution in [0.5, 0.6) is 5.75 Å². The van der Waals surface area contributed by atoms with Crippen molar-refractivity contribution in [2.24, 2.45) is 5.10 Å². The molecule has 2 amide bonds. The molecule has 9 nitrogen and oxygen atoms in total. The summed E-state index contributed by atoms with van der Waals surface area (Å²) in [6, 6.07) is 8.56. The number of benzene rings is 2. The number of carbonyl (C=O) groups excluding carboxylic acids is 2. The molecule has 2 aromatic carbocycles. The first-order valence-electron chi connectivity index (χ1n) is 11.5. The first-order valence-corrected chi connectivity index (χ1v) is 14.3. The first kappa shape index (κ1) is 27.6. The number of carbonyl (C=O) groups is 2. The van der Waals surface area contributed by atoms with Crippen LogP contribution < -0.4 is 34.7 Å². The minimum absolute atomic E-state index is 0.0185. The molecule has 3 aromatic rings. The number of hydrazone groups is 1. The number of fused-ring (bicyclic) bond motifs is 1. The molecular weight excluding hydrogens is 605 g/mol. The zero-order valence-electron chi connectivity index (χ0n) is 21.0. The van der Waals surface area contributed by atoms with Gasteiger partial charge in [-0.3, -0.25) is 19.0 Å². The van der Waals surface area contributed by atoms with Crippen molar-refractivity contribution >= 4 is 97.5 Å². The van der Waals surface area contributed by atoms with Gasteiger partial charge < -0.3 is 15.0 Å². The minimum Gasteiger partial charge on any atom is -0.497 e. The summed E-state index contributed by atoms with van der Waals surface area (Å²) in [4.78, 5) is 42.5. The highest BCUT2D eigenvalue weighted by Crippen LogP contribution is 2.46. The number of rotatable bonds is 3. The summed E-state index contributed by atoms with van der Waals surface area (Å²) >= 11 is 21.4. The Morgan fingerprint density at radius 2 is 1.82 bits per heavy atom. The van der Waals surface area contributed by atoms with Gasteiger partial charge in [0.25, 0.3) is 11.5 Å². The molecule has 202 valence electrons. The maximum absolute atomic E-state index is 13.8. The molecule has 0 atom stereocenters. The standard InChI is InChI=1S/C25H20Cl3N5O4S2/c1-5-32-23(36)20(25-31(3)16-10-13(37-4)6-7-17(16)38-25)39-24(32)18-21(29-11(2)34)30-33(22(18)35)19-14(27)8-12(26)9-15(19)28/h6-10H,5H2,1-4H3,(H,29,30,34). The zero-order chi connectivity index (χ0) is 28.2. The number of aromatic nitrogens is 1. The van der Waals surface area contributed by atoms with Crippen LogP contribution in [0.15, 0.2) is 45.1 Å². The summed E-state index contributed by atoms with van der Waals surface area (Å²) in [5.41, 5.74) is 0.788. The molecule has 0 bridgehead atoms. The monoisotopic (exact) mass is 623 g/mol. The Labute approximate surface area is 245 Å². The lowest BCUT2D eigenvalue weighted by Crippen LogP contribution is -2.37. The average molecular weight is 625 g/mol.